The number of rotatable bonds is 8. The van der Waals surface area contributed by atoms with Gasteiger partial charge in [0.1, 0.15) is 67.1 Å². The Bertz CT molecular complexity index is 1740. The summed E-state index contributed by atoms with van der Waals surface area (Å²) in [6.45, 7) is 15.1. The van der Waals surface area contributed by atoms with Crippen molar-refractivity contribution in [3.63, 3.8) is 0 Å². The molecule has 0 amide bonds. The number of allylic oxidation sites excluding steroid dienone is 1. The molecule has 1 unspecified atom stereocenters. The molecule has 64 heavy (non-hydrogen) atoms. The Hall–Kier alpha value is -0.940. The number of hydrogen-bond acceptors (Lipinski definition) is 17. The fourth-order valence-corrected chi connectivity index (χ4v) is 15.8. The van der Waals surface area contributed by atoms with E-state index >= 15 is 0 Å². The van der Waals surface area contributed by atoms with Crippen LogP contribution in [-0.2, 0) is 33.2 Å². The highest BCUT2D eigenvalue weighted by atomic mass is 16.8. The highest BCUT2D eigenvalue weighted by Crippen LogP contribution is 2.79. The first-order valence-electron chi connectivity index (χ1n) is 24.0. The van der Waals surface area contributed by atoms with Gasteiger partial charge in [-0.15, -0.1) is 0 Å². The second-order valence-electron chi connectivity index (χ2n) is 22.9. The molecule has 17 heteroatoms. The zero-order chi connectivity index (χ0) is 46.3. The van der Waals surface area contributed by atoms with Gasteiger partial charge in [-0.05, 0) is 84.9 Å². The van der Waals surface area contributed by atoms with Gasteiger partial charge in [0.05, 0.1) is 44.2 Å². The van der Waals surface area contributed by atoms with Crippen LogP contribution in [0.3, 0.4) is 0 Å². The first-order valence-corrected chi connectivity index (χ1v) is 24.0. The molecule has 10 N–H and O–H groups in total. The Kier molecular flexibility index (Phi) is 12.5. The number of aliphatic hydroxyl groups is 10. The van der Waals surface area contributed by atoms with Crippen molar-refractivity contribution in [3.8, 4) is 0 Å². The molecule has 366 valence electrons. The molecule has 0 aromatic rings. The quantitative estimate of drug-likeness (QED) is 0.114. The van der Waals surface area contributed by atoms with Crippen LogP contribution in [0.5, 0.6) is 0 Å². The predicted octanol–water partition coefficient (Wildman–Crippen LogP) is 0.0961. The fourth-order valence-electron chi connectivity index (χ4n) is 15.8. The van der Waals surface area contributed by atoms with Crippen LogP contribution in [0.1, 0.15) is 93.4 Å². The van der Waals surface area contributed by atoms with Crippen molar-refractivity contribution in [1.82, 2.24) is 0 Å². The Labute approximate surface area is 376 Å². The molecule has 1 spiro atoms. The fraction of sp³-hybridized carbons (Fsp3) is 0.957. The van der Waals surface area contributed by atoms with Crippen LogP contribution in [0.25, 0.3) is 0 Å². The molecule has 0 aromatic heterocycles. The lowest BCUT2D eigenvalue weighted by atomic mass is 9.31. The van der Waals surface area contributed by atoms with E-state index in [1.54, 1.807) is 0 Å². The van der Waals surface area contributed by atoms with E-state index in [1.807, 2.05) is 0 Å². The molecule has 0 radical (unpaired) electrons. The van der Waals surface area contributed by atoms with E-state index in [0.717, 1.165) is 32.1 Å². The van der Waals surface area contributed by atoms with Crippen LogP contribution >= 0.6 is 0 Å². The summed E-state index contributed by atoms with van der Waals surface area (Å²) >= 11 is 0. The molecule has 4 saturated heterocycles. The minimum Gasteiger partial charge on any atom is -0.394 e. The van der Waals surface area contributed by atoms with E-state index in [4.69, 9.17) is 33.2 Å². The minimum atomic E-state index is -1.82. The maximum atomic E-state index is 12.3. The summed E-state index contributed by atoms with van der Waals surface area (Å²) in [4.78, 5) is 0. The first kappa shape index (κ1) is 48.1. The third-order valence-electron chi connectivity index (χ3n) is 19.9. The summed E-state index contributed by atoms with van der Waals surface area (Å²) in [5.74, 6) is 1.51. The van der Waals surface area contributed by atoms with E-state index < -0.39 is 129 Å². The van der Waals surface area contributed by atoms with Gasteiger partial charge in [-0.25, -0.2) is 0 Å². The van der Waals surface area contributed by atoms with Gasteiger partial charge in [-0.1, -0.05) is 60.6 Å². The van der Waals surface area contributed by atoms with Gasteiger partial charge in [-0.2, -0.15) is 0 Å². The van der Waals surface area contributed by atoms with Crippen LogP contribution in [0.2, 0.25) is 0 Å². The first-order chi connectivity index (χ1) is 30.1. The Balaban J connectivity index is 0.986. The van der Waals surface area contributed by atoms with Gasteiger partial charge in [0.25, 0.3) is 0 Å². The van der Waals surface area contributed by atoms with E-state index in [0.29, 0.717) is 31.3 Å². The molecule has 0 aromatic carbocycles. The third kappa shape index (κ3) is 6.65. The average molecular weight is 913 g/mol. The summed E-state index contributed by atoms with van der Waals surface area (Å²) in [7, 11) is 0. The molecule has 17 nitrogen and oxygen atoms in total. The van der Waals surface area contributed by atoms with Crippen LogP contribution in [0, 0.1) is 56.7 Å². The molecule has 8 fully saturated rings. The largest absolute Gasteiger partial charge is 0.394 e. The summed E-state index contributed by atoms with van der Waals surface area (Å²) in [6.07, 6.45) is -12.5. The van der Waals surface area contributed by atoms with Gasteiger partial charge in [0.15, 0.2) is 18.9 Å². The van der Waals surface area contributed by atoms with E-state index in [9.17, 15) is 51.1 Å². The van der Waals surface area contributed by atoms with Gasteiger partial charge >= 0.3 is 0 Å². The average Bonchev–Trinajstić information content (AvgIpc) is 3.56. The second-order valence-corrected chi connectivity index (χ2v) is 22.9. The number of aliphatic hydroxyl groups excluding tert-OH is 10. The second kappa shape index (κ2) is 16.6. The molecule has 4 heterocycles. The van der Waals surface area contributed by atoms with Crippen molar-refractivity contribution in [2.75, 3.05) is 26.4 Å². The monoisotopic (exact) mass is 913 g/mol. The SMILES string of the molecule is C[C@H]1[C@H](C)CC[C@]23COC4(C=C[C@@H]5[C@@]6(C)CC[C@H](O[C@@H]7O[C@H](CO)[C@H](O)[C@H](O)[C@H]7O[C@@H]7O[C@H](CO)[C@@H](O)[C@H](O)[C@H]7O[C@@H]7OC[C@@H](O)[C@H](O)[C@H]7O)C(C)(C)[C@@H]6CC[C@@]5(C)[C@]4(C)C[C@H]2O)[C@H]13. The van der Waals surface area contributed by atoms with Crippen LogP contribution in [0.15, 0.2) is 12.2 Å². The molecular weight excluding hydrogens is 836 g/mol. The topological polar surface area (TPSA) is 267 Å². The van der Waals surface area contributed by atoms with Crippen molar-refractivity contribution in [3.05, 3.63) is 12.2 Å². The summed E-state index contributed by atoms with van der Waals surface area (Å²) in [5.41, 5.74) is -1.86. The van der Waals surface area contributed by atoms with E-state index in [1.165, 1.54) is 0 Å². The zero-order valence-electron chi connectivity index (χ0n) is 38.4. The van der Waals surface area contributed by atoms with Crippen molar-refractivity contribution in [2.45, 2.75) is 197 Å². The smallest absolute Gasteiger partial charge is 0.187 e. The van der Waals surface area contributed by atoms with E-state index in [-0.39, 0.29) is 39.4 Å². The maximum Gasteiger partial charge on any atom is 0.187 e. The zero-order valence-corrected chi connectivity index (χ0v) is 38.4. The number of fused-ring (bicyclic) bond motifs is 4. The third-order valence-corrected chi connectivity index (χ3v) is 19.9. The summed E-state index contributed by atoms with van der Waals surface area (Å²) in [5, 5.41) is 108. The molecule has 4 saturated carbocycles. The highest BCUT2D eigenvalue weighted by molar-refractivity contribution is 5.36. The number of ether oxygens (including phenoxy) is 7. The van der Waals surface area contributed by atoms with Gasteiger partial charge in [-0.3, -0.25) is 0 Å². The lowest BCUT2D eigenvalue weighted by Crippen LogP contribution is -2.73. The lowest BCUT2D eigenvalue weighted by molar-refractivity contribution is -0.395. The Morgan fingerprint density at radius 2 is 1.28 bits per heavy atom. The summed E-state index contributed by atoms with van der Waals surface area (Å²) < 4.78 is 43.7. The van der Waals surface area contributed by atoms with Gasteiger partial charge < -0.3 is 84.2 Å². The van der Waals surface area contributed by atoms with Crippen molar-refractivity contribution >= 4 is 0 Å². The minimum absolute atomic E-state index is 0.147. The lowest BCUT2D eigenvalue weighted by Gasteiger charge is -2.73. The van der Waals surface area contributed by atoms with Crippen LogP contribution in [-0.4, -0.2) is 181 Å². The molecule has 4 aliphatic heterocycles. The molecule has 26 atom stereocenters. The van der Waals surface area contributed by atoms with Crippen molar-refractivity contribution in [2.24, 2.45) is 56.7 Å². The Morgan fingerprint density at radius 1 is 0.672 bits per heavy atom. The standard InChI is InChI=1S/C47H76O17/c1-21-8-14-46-20-59-47(38(46)22(21)2)15-10-27-43(5)12-11-29(42(3,4)26(43)9-13-44(27,6)45(47,7)16-28(46)51)62-40-36(33(55)31(53)24(17-48)60-40)64-41-37(34(56)32(54)25(18-49)61-41)63-39-35(57)30(52)23(50)19-58-39/h10,15,21-41,48-57H,8-9,11-14,16-20H2,1-7H3/t21-,22+,23-,24-,25-,26+,27-,28-,29+,30+,31+,32-,33+,34+,35-,36-,37-,38-,39+,40+,41+,43+,44-,45+,46+,47?/m1/s1. The summed E-state index contributed by atoms with van der Waals surface area (Å²) in [6, 6.07) is 0. The van der Waals surface area contributed by atoms with Gasteiger partial charge in [0.2, 0.25) is 0 Å². The van der Waals surface area contributed by atoms with Crippen LogP contribution in [0.4, 0.5) is 0 Å². The van der Waals surface area contributed by atoms with Crippen molar-refractivity contribution in [1.29, 1.82) is 0 Å². The molecular formula is C47H76O17. The normalized spacial score (nSPS) is 59.0. The number of hydrogen-bond donors (Lipinski definition) is 10. The van der Waals surface area contributed by atoms with E-state index in [2.05, 4.69) is 60.6 Å². The van der Waals surface area contributed by atoms with Crippen molar-refractivity contribution < 1.29 is 84.2 Å². The Morgan fingerprint density at radius 3 is 1.91 bits per heavy atom. The molecule has 9 rings (SSSR count). The molecule has 5 aliphatic carbocycles. The van der Waals surface area contributed by atoms with Crippen LogP contribution < -0.4 is 0 Å². The molecule has 9 aliphatic rings. The van der Waals surface area contributed by atoms with Gasteiger partial charge in [0, 0.05) is 16.7 Å². The predicted molar refractivity (Wildman–Crippen MR) is 223 cm³/mol. The maximum absolute atomic E-state index is 12.3. The molecule has 2 bridgehead atoms. The highest BCUT2D eigenvalue weighted by Gasteiger charge is 2.79.